The van der Waals surface area contributed by atoms with Crippen molar-refractivity contribution in [1.29, 1.82) is 0 Å². The van der Waals surface area contributed by atoms with E-state index in [9.17, 15) is 9.59 Å². The van der Waals surface area contributed by atoms with Crippen LogP contribution in [0.3, 0.4) is 0 Å². The van der Waals surface area contributed by atoms with Crippen molar-refractivity contribution in [2.75, 3.05) is 25.0 Å². The van der Waals surface area contributed by atoms with E-state index in [0.717, 1.165) is 24.2 Å². The molecule has 0 atom stereocenters. The zero-order valence-corrected chi connectivity index (χ0v) is 20.9. The molecule has 4 aromatic heterocycles. The molecular weight excluding hydrogens is 470 g/mol. The molecule has 2 N–H and O–H groups in total. The van der Waals surface area contributed by atoms with E-state index in [-0.39, 0.29) is 11.7 Å². The molecule has 5 heterocycles. The highest BCUT2D eigenvalue weighted by Gasteiger charge is 2.50. The third-order valence-electron chi connectivity index (χ3n) is 7.48. The van der Waals surface area contributed by atoms with Gasteiger partial charge in [0.1, 0.15) is 0 Å². The zero-order chi connectivity index (χ0) is 25.6. The normalized spacial score (nSPS) is 16.4. The van der Waals surface area contributed by atoms with Crippen LogP contribution in [0.2, 0.25) is 0 Å². The minimum Gasteiger partial charge on any atom is -0.351 e. The molecule has 0 bridgehead atoms. The van der Waals surface area contributed by atoms with Crippen molar-refractivity contribution in [3.63, 3.8) is 0 Å². The number of aryl methyl sites for hydroxylation is 2. The molecule has 1 aliphatic carbocycles. The topological polar surface area (TPSA) is 122 Å². The lowest BCUT2D eigenvalue weighted by Gasteiger charge is -2.23. The number of aromatic nitrogens is 6. The van der Waals surface area contributed by atoms with E-state index in [1.165, 1.54) is 31.9 Å². The maximum absolute atomic E-state index is 13.1. The van der Waals surface area contributed by atoms with Gasteiger partial charge in [-0.3, -0.25) is 28.6 Å². The van der Waals surface area contributed by atoms with Crippen molar-refractivity contribution in [3.8, 4) is 11.1 Å². The van der Waals surface area contributed by atoms with Crippen LogP contribution in [0, 0.1) is 6.92 Å². The Bertz CT molecular complexity index is 1500. The summed E-state index contributed by atoms with van der Waals surface area (Å²) >= 11 is 0. The highest BCUT2D eigenvalue weighted by atomic mass is 16.2. The first kappa shape index (κ1) is 23.3. The first-order chi connectivity index (χ1) is 17.9. The van der Waals surface area contributed by atoms with Gasteiger partial charge in [0.25, 0.3) is 11.8 Å². The predicted molar refractivity (Wildman–Crippen MR) is 137 cm³/mol. The van der Waals surface area contributed by atoms with Crippen LogP contribution >= 0.6 is 0 Å². The fourth-order valence-corrected chi connectivity index (χ4v) is 5.22. The number of likely N-dealkylation sites (tertiary alicyclic amines) is 1. The van der Waals surface area contributed by atoms with Gasteiger partial charge in [-0.2, -0.15) is 5.10 Å². The predicted octanol–water partition coefficient (Wildman–Crippen LogP) is 2.44. The van der Waals surface area contributed by atoms with E-state index in [4.69, 9.17) is 0 Å². The van der Waals surface area contributed by atoms with E-state index >= 15 is 0 Å². The van der Waals surface area contributed by atoms with Crippen LogP contribution in [0.1, 0.15) is 52.4 Å². The number of carbonyl (C=O) groups excluding carboxylic acids is 2. The third-order valence-corrected chi connectivity index (χ3v) is 7.48. The number of amides is 2. The molecule has 0 unspecified atom stereocenters. The molecular formula is C26H29N9O2. The third kappa shape index (κ3) is 4.46. The van der Waals surface area contributed by atoms with Gasteiger partial charge >= 0.3 is 0 Å². The molecule has 2 amide bonds. The van der Waals surface area contributed by atoms with Gasteiger partial charge in [-0.05, 0) is 62.9 Å². The number of nitrogens with zero attached hydrogens (tertiary/aromatic N) is 7. The van der Waals surface area contributed by atoms with Gasteiger partial charge in [0.2, 0.25) is 5.82 Å². The number of hydrogen-bond acceptors (Lipinski definition) is 7. The quantitative estimate of drug-likeness (QED) is 0.400. The van der Waals surface area contributed by atoms with Gasteiger partial charge in [0, 0.05) is 49.8 Å². The van der Waals surface area contributed by atoms with Crippen LogP contribution in [0.4, 0.5) is 5.69 Å². The minimum atomic E-state index is -0.437. The number of pyridine rings is 2. The van der Waals surface area contributed by atoms with E-state index in [1.807, 2.05) is 25.4 Å². The Kier molecular flexibility index (Phi) is 5.71. The van der Waals surface area contributed by atoms with Crippen LogP contribution in [0.15, 0.2) is 43.0 Å². The van der Waals surface area contributed by atoms with Gasteiger partial charge in [0.05, 0.1) is 23.1 Å². The summed E-state index contributed by atoms with van der Waals surface area (Å²) in [6.45, 7) is 4.34. The Labute approximate surface area is 213 Å². The molecule has 1 saturated heterocycles. The molecule has 11 heteroatoms. The number of carbonyl (C=O) groups is 2. The Hall–Kier alpha value is -4.12. The second-order valence-electron chi connectivity index (χ2n) is 9.95. The molecule has 2 aliphatic rings. The van der Waals surface area contributed by atoms with Crippen LogP contribution in [0.5, 0.6) is 0 Å². The summed E-state index contributed by atoms with van der Waals surface area (Å²) in [6.07, 6.45) is 12.0. The van der Waals surface area contributed by atoms with Crippen LogP contribution in [0.25, 0.3) is 16.8 Å². The summed E-state index contributed by atoms with van der Waals surface area (Å²) in [5.74, 6) is -0.502. The number of hydrogen-bond donors (Lipinski definition) is 2. The molecule has 37 heavy (non-hydrogen) atoms. The summed E-state index contributed by atoms with van der Waals surface area (Å²) in [6, 6.07) is 5.39. The van der Waals surface area contributed by atoms with Gasteiger partial charge in [-0.15, -0.1) is 10.2 Å². The smallest absolute Gasteiger partial charge is 0.294 e. The fraction of sp³-hybridized carbons (Fsp3) is 0.385. The van der Waals surface area contributed by atoms with E-state index in [0.29, 0.717) is 34.7 Å². The first-order valence-corrected chi connectivity index (χ1v) is 12.6. The van der Waals surface area contributed by atoms with E-state index in [2.05, 4.69) is 35.8 Å². The molecule has 1 saturated carbocycles. The van der Waals surface area contributed by atoms with Crippen molar-refractivity contribution in [1.82, 2.24) is 39.6 Å². The van der Waals surface area contributed by atoms with Gasteiger partial charge in [-0.25, -0.2) is 0 Å². The first-order valence-electron chi connectivity index (χ1n) is 12.6. The van der Waals surface area contributed by atoms with Crippen LogP contribution in [-0.4, -0.2) is 71.2 Å². The SMILES string of the molecule is Cc1ncc(C(=O)NCCN2CCCC23CC3)cc1NC(=O)c1nnc2cc(-c3cnn(C)c3)ccn12. The lowest BCUT2D eigenvalue weighted by molar-refractivity contribution is 0.0944. The van der Waals surface area contributed by atoms with Crippen molar-refractivity contribution >= 4 is 23.1 Å². The highest BCUT2D eigenvalue weighted by Crippen LogP contribution is 2.49. The van der Waals surface area contributed by atoms with Crippen molar-refractivity contribution < 1.29 is 9.59 Å². The second kappa shape index (κ2) is 9.07. The van der Waals surface area contributed by atoms with Gasteiger partial charge < -0.3 is 10.6 Å². The number of nitrogens with one attached hydrogen (secondary N) is 2. The number of rotatable bonds is 7. The van der Waals surface area contributed by atoms with E-state index < -0.39 is 5.91 Å². The summed E-state index contributed by atoms with van der Waals surface area (Å²) < 4.78 is 3.35. The molecule has 11 nitrogen and oxygen atoms in total. The van der Waals surface area contributed by atoms with Crippen LogP contribution < -0.4 is 10.6 Å². The highest BCUT2D eigenvalue weighted by molar-refractivity contribution is 6.03. The molecule has 1 spiro atoms. The summed E-state index contributed by atoms with van der Waals surface area (Å²) in [5.41, 5.74) is 4.29. The lowest BCUT2D eigenvalue weighted by atomic mass is 10.1. The maximum atomic E-state index is 13.1. The fourth-order valence-electron chi connectivity index (χ4n) is 5.22. The average molecular weight is 500 g/mol. The maximum Gasteiger partial charge on any atom is 0.294 e. The zero-order valence-electron chi connectivity index (χ0n) is 20.9. The molecule has 1 aliphatic heterocycles. The van der Waals surface area contributed by atoms with Gasteiger partial charge in [-0.1, -0.05) is 0 Å². The second-order valence-corrected chi connectivity index (χ2v) is 9.95. The Balaban J connectivity index is 1.13. The van der Waals surface area contributed by atoms with Crippen molar-refractivity contribution in [2.45, 2.75) is 38.1 Å². The Morgan fingerprint density at radius 2 is 1.95 bits per heavy atom. The van der Waals surface area contributed by atoms with Crippen molar-refractivity contribution in [3.05, 3.63) is 60.1 Å². The van der Waals surface area contributed by atoms with E-state index in [1.54, 1.807) is 34.5 Å². The largest absolute Gasteiger partial charge is 0.351 e. The lowest BCUT2D eigenvalue weighted by Crippen LogP contribution is -2.38. The Morgan fingerprint density at radius 1 is 1.08 bits per heavy atom. The number of anilines is 1. The van der Waals surface area contributed by atoms with Crippen molar-refractivity contribution in [2.24, 2.45) is 7.05 Å². The average Bonchev–Trinajstić information content (AvgIpc) is 3.18. The minimum absolute atomic E-state index is 0.140. The van der Waals surface area contributed by atoms with Gasteiger partial charge in [0.15, 0.2) is 5.65 Å². The summed E-state index contributed by atoms with van der Waals surface area (Å²) in [5, 5.41) is 18.3. The summed E-state index contributed by atoms with van der Waals surface area (Å²) in [4.78, 5) is 32.7. The molecule has 0 aromatic carbocycles. The standard InChI is InChI=1S/C26H29N9O2/c1-17-21(12-19(14-28-17)24(36)27-8-11-34-9-3-5-26(34)6-7-26)30-25(37)23-32-31-22-13-18(4-10-35(22)23)20-15-29-33(2)16-20/h4,10,12-16H,3,5-9,11H2,1-2H3,(H,27,36)(H,30,37). The molecule has 2 fully saturated rings. The molecule has 4 aromatic rings. The Morgan fingerprint density at radius 3 is 2.73 bits per heavy atom. The monoisotopic (exact) mass is 499 g/mol. The number of fused-ring (bicyclic) bond motifs is 1. The molecule has 6 rings (SSSR count). The molecule has 0 radical (unpaired) electrons. The summed E-state index contributed by atoms with van der Waals surface area (Å²) in [7, 11) is 1.86. The van der Waals surface area contributed by atoms with Crippen LogP contribution in [-0.2, 0) is 7.05 Å². The molecule has 190 valence electrons.